The lowest BCUT2D eigenvalue weighted by Crippen LogP contribution is -1.98. The number of benzene rings is 2. The quantitative estimate of drug-likeness (QED) is 0.546. The molecular weight excluding hydrogens is 270 g/mol. The number of hydrogen-bond donors (Lipinski definition) is 0. The van der Waals surface area contributed by atoms with Gasteiger partial charge in [-0.3, -0.25) is 0 Å². The van der Waals surface area contributed by atoms with Crippen LogP contribution >= 0.6 is 0 Å². The summed E-state index contributed by atoms with van der Waals surface area (Å²) >= 11 is 0. The molecule has 3 heteroatoms. The Bertz CT molecular complexity index is 925. The van der Waals surface area contributed by atoms with Gasteiger partial charge in [0.2, 0.25) is 0 Å². The molecule has 0 amide bonds. The van der Waals surface area contributed by atoms with Gasteiger partial charge in [0.25, 0.3) is 0 Å². The molecule has 3 nitrogen and oxygen atoms in total. The summed E-state index contributed by atoms with van der Waals surface area (Å²) in [4.78, 5) is 4.84. The molecule has 0 aliphatic rings. The van der Waals surface area contributed by atoms with E-state index in [2.05, 4.69) is 29.4 Å². The SMILES string of the molecule is Cc1nn(-c2ccccc2)c2nc(-c3ccccc3)ccc12. The molecule has 0 fully saturated rings. The first-order chi connectivity index (χ1) is 10.8. The van der Waals surface area contributed by atoms with Crippen LogP contribution in [-0.4, -0.2) is 14.8 Å². The van der Waals surface area contributed by atoms with E-state index in [0.29, 0.717) is 0 Å². The Hall–Kier alpha value is -2.94. The van der Waals surface area contributed by atoms with Gasteiger partial charge in [-0.15, -0.1) is 0 Å². The lowest BCUT2D eigenvalue weighted by Gasteiger charge is -2.04. The normalized spacial score (nSPS) is 11.0. The minimum Gasteiger partial charge on any atom is -0.228 e. The number of aryl methyl sites for hydroxylation is 1. The summed E-state index contributed by atoms with van der Waals surface area (Å²) in [6, 6.07) is 24.5. The van der Waals surface area contributed by atoms with Gasteiger partial charge in [0.1, 0.15) is 0 Å². The fraction of sp³-hybridized carbons (Fsp3) is 0.0526. The third kappa shape index (κ3) is 2.07. The topological polar surface area (TPSA) is 30.7 Å². The third-order valence-electron chi connectivity index (χ3n) is 3.79. The number of para-hydroxylation sites is 1. The summed E-state index contributed by atoms with van der Waals surface area (Å²) in [5.41, 5.74) is 4.99. The van der Waals surface area contributed by atoms with Crippen molar-refractivity contribution in [3.8, 4) is 16.9 Å². The molecule has 4 rings (SSSR count). The van der Waals surface area contributed by atoms with Gasteiger partial charge < -0.3 is 0 Å². The molecule has 4 aromatic rings. The molecular formula is C19H15N3. The minimum absolute atomic E-state index is 0.894. The van der Waals surface area contributed by atoms with E-state index < -0.39 is 0 Å². The van der Waals surface area contributed by atoms with Crippen LogP contribution in [0.4, 0.5) is 0 Å². The molecule has 0 bridgehead atoms. The van der Waals surface area contributed by atoms with Crippen molar-refractivity contribution in [1.82, 2.24) is 14.8 Å². The number of nitrogens with zero attached hydrogens (tertiary/aromatic N) is 3. The third-order valence-corrected chi connectivity index (χ3v) is 3.79. The second-order valence-corrected chi connectivity index (χ2v) is 5.27. The Balaban J connectivity index is 1.96. The zero-order valence-electron chi connectivity index (χ0n) is 12.3. The molecule has 22 heavy (non-hydrogen) atoms. The van der Waals surface area contributed by atoms with Crippen molar-refractivity contribution in [2.24, 2.45) is 0 Å². The number of pyridine rings is 1. The molecule has 0 aliphatic carbocycles. The molecule has 2 aromatic heterocycles. The maximum atomic E-state index is 4.84. The standard InChI is InChI=1S/C19H15N3/c1-14-17-12-13-18(15-8-4-2-5-9-15)20-19(17)22(21-14)16-10-6-3-7-11-16/h2-13H,1H3. The first-order valence-corrected chi connectivity index (χ1v) is 7.30. The van der Waals surface area contributed by atoms with Crippen LogP contribution in [0.25, 0.3) is 28.0 Å². The smallest absolute Gasteiger partial charge is 0.163 e. The Morgan fingerprint density at radius 3 is 2.18 bits per heavy atom. The first-order valence-electron chi connectivity index (χ1n) is 7.30. The van der Waals surface area contributed by atoms with Gasteiger partial charge in [0.15, 0.2) is 5.65 Å². The summed E-state index contributed by atoms with van der Waals surface area (Å²) < 4.78 is 1.91. The van der Waals surface area contributed by atoms with E-state index in [1.807, 2.05) is 60.1 Å². The Morgan fingerprint density at radius 1 is 0.773 bits per heavy atom. The van der Waals surface area contributed by atoms with E-state index in [9.17, 15) is 0 Å². The number of fused-ring (bicyclic) bond motifs is 1. The van der Waals surface area contributed by atoms with Crippen molar-refractivity contribution in [2.75, 3.05) is 0 Å². The molecule has 0 saturated heterocycles. The summed E-state index contributed by atoms with van der Waals surface area (Å²) in [5.74, 6) is 0. The van der Waals surface area contributed by atoms with Crippen molar-refractivity contribution in [3.05, 3.63) is 78.5 Å². The van der Waals surface area contributed by atoms with E-state index in [-0.39, 0.29) is 0 Å². The van der Waals surface area contributed by atoms with Gasteiger partial charge in [-0.05, 0) is 31.2 Å². The van der Waals surface area contributed by atoms with Crippen LogP contribution in [0.15, 0.2) is 72.8 Å². The van der Waals surface area contributed by atoms with Gasteiger partial charge in [0.05, 0.1) is 17.1 Å². The Labute approximate surface area is 128 Å². The van der Waals surface area contributed by atoms with Crippen molar-refractivity contribution in [2.45, 2.75) is 6.92 Å². The largest absolute Gasteiger partial charge is 0.228 e. The zero-order valence-corrected chi connectivity index (χ0v) is 12.3. The molecule has 0 saturated carbocycles. The van der Waals surface area contributed by atoms with Gasteiger partial charge in [0, 0.05) is 10.9 Å². The van der Waals surface area contributed by atoms with Crippen molar-refractivity contribution in [3.63, 3.8) is 0 Å². The zero-order chi connectivity index (χ0) is 14.9. The maximum absolute atomic E-state index is 4.84. The molecule has 0 unspecified atom stereocenters. The number of rotatable bonds is 2. The predicted octanol–water partition coefficient (Wildman–Crippen LogP) is 4.40. The number of hydrogen-bond acceptors (Lipinski definition) is 2. The Kier molecular flexibility index (Phi) is 2.97. The summed E-state index contributed by atoms with van der Waals surface area (Å²) in [6.45, 7) is 2.02. The van der Waals surface area contributed by atoms with E-state index in [4.69, 9.17) is 4.98 Å². The molecule has 2 heterocycles. The van der Waals surface area contributed by atoms with Crippen LogP contribution in [0.5, 0.6) is 0 Å². The predicted molar refractivity (Wildman–Crippen MR) is 89.0 cm³/mol. The summed E-state index contributed by atoms with van der Waals surface area (Å²) in [5, 5.41) is 5.74. The molecule has 0 N–H and O–H groups in total. The van der Waals surface area contributed by atoms with Gasteiger partial charge >= 0.3 is 0 Å². The molecule has 0 atom stereocenters. The minimum atomic E-state index is 0.894. The highest BCUT2D eigenvalue weighted by molar-refractivity contribution is 5.82. The van der Waals surface area contributed by atoms with Crippen molar-refractivity contribution < 1.29 is 0 Å². The van der Waals surface area contributed by atoms with Gasteiger partial charge in [-0.1, -0.05) is 48.5 Å². The molecule has 0 spiro atoms. The number of aromatic nitrogens is 3. The highest BCUT2D eigenvalue weighted by atomic mass is 15.3. The van der Waals surface area contributed by atoms with Gasteiger partial charge in [-0.2, -0.15) is 5.10 Å². The summed E-state index contributed by atoms with van der Waals surface area (Å²) in [7, 11) is 0. The molecule has 0 radical (unpaired) electrons. The maximum Gasteiger partial charge on any atom is 0.163 e. The second kappa shape index (κ2) is 5.11. The van der Waals surface area contributed by atoms with E-state index in [1.165, 1.54) is 0 Å². The molecule has 2 aromatic carbocycles. The second-order valence-electron chi connectivity index (χ2n) is 5.27. The molecule has 106 valence electrons. The average Bonchev–Trinajstić information content (AvgIpc) is 2.93. The first kappa shape index (κ1) is 12.8. The Morgan fingerprint density at radius 2 is 1.45 bits per heavy atom. The highest BCUT2D eigenvalue weighted by Gasteiger charge is 2.11. The average molecular weight is 285 g/mol. The van der Waals surface area contributed by atoms with Crippen LogP contribution in [0.2, 0.25) is 0 Å². The van der Waals surface area contributed by atoms with Crippen LogP contribution < -0.4 is 0 Å². The fourth-order valence-electron chi connectivity index (χ4n) is 2.66. The van der Waals surface area contributed by atoms with E-state index >= 15 is 0 Å². The van der Waals surface area contributed by atoms with E-state index in [0.717, 1.165) is 33.7 Å². The van der Waals surface area contributed by atoms with Crippen LogP contribution in [-0.2, 0) is 0 Å². The van der Waals surface area contributed by atoms with Gasteiger partial charge in [-0.25, -0.2) is 9.67 Å². The van der Waals surface area contributed by atoms with Crippen LogP contribution in [0.1, 0.15) is 5.69 Å². The summed E-state index contributed by atoms with van der Waals surface area (Å²) in [6.07, 6.45) is 0. The lowest BCUT2D eigenvalue weighted by molar-refractivity contribution is 0.878. The lowest BCUT2D eigenvalue weighted by atomic mass is 10.1. The van der Waals surface area contributed by atoms with Crippen molar-refractivity contribution >= 4 is 11.0 Å². The van der Waals surface area contributed by atoms with Crippen LogP contribution in [0.3, 0.4) is 0 Å². The highest BCUT2D eigenvalue weighted by Crippen LogP contribution is 2.24. The fourth-order valence-corrected chi connectivity index (χ4v) is 2.66. The monoisotopic (exact) mass is 285 g/mol. The van der Waals surface area contributed by atoms with Crippen molar-refractivity contribution in [1.29, 1.82) is 0 Å². The van der Waals surface area contributed by atoms with Crippen LogP contribution in [0, 0.1) is 6.92 Å². The van der Waals surface area contributed by atoms with E-state index in [1.54, 1.807) is 0 Å². The molecule has 0 aliphatic heterocycles.